The van der Waals surface area contributed by atoms with Crippen LogP contribution in [0.5, 0.6) is 5.75 Å². The Balaban J connectivity index is 2.49. The van der Waals surface area contributed by atoms with Gasteiger partial charge in [0.05, 0.1) is 6.61 Å². The molecule has 2 rings (SSSR count). The van der Waals surface area contributed by atoms with Gasteiger partial charge in [-0.1, -0.05) is 52.6 Å². The quantitative estimate of drug-likeness (QED) is 0.659. The molecule has 0 bridgehead atoms. The highest BCUT2D eigenvalue weighted by molar-refractivity contribution is 9.10. The first kappa shape index (κ1) is 12.4. The molecule has 1 heterocycles. The molecule has 1 aliphatic rings. The fraction of sp³-hybridized carbons (Fsp3) is 0.538. The fourth-order valence-electron chi connectivity index (χ4n) is 1.95. The Morgan fingerprint density at radius 1 is 1.31 bits per heavy atom. The van der Waals surface area contributed by atoms with Crippen LogP contribution >= 0.6 is 31.9 Å². The van der Waals surface area contributed by atoms with Gasteiger partial charge in [-0.2, -0.15) is 0 Å². The topological polar surface area (TPSA) is 9.23 Å². The van der Waals surface area contributed by atoms with Crippen LogP contribution in [0.3, 0.4) is 0 Å². The van der Waals surface area contributed by atoms with E-state index < -0.39 is 0 Å². The number of benzene rings is 1. The molecule has 0 aromatic heterocycles. The fourth-order valence-corrected chi connectivity index (χ4v) is 2.82. The number of hydrogen-bond acceptors (Lipinski definition) is 1. The van der Waals surface area contributed by atoms with E-state index in [0.29, 0.717) is 4.83 Å². The van der Waals surface area contributed by atoms with Gasteiger partial charge in [0.15, 0.2) is 0 Å². The molecule has 0 saturated heterocycles. The van der Waals surface area contributed by atoms with Crippen molar-refractivity contribution >= 4 is 31.9 Å². The predicted octanol–water partition coefficient (Wildman–Crippen LogP) is 4.87. The first-order valence-electron chi connectivity index (χ1n) is 5.49. The summed E-state index contributed by atoms with van der Waals surface area (Å²) in [5, 5.41) is 0. The summed E-state index contributed by atoms with van der Waals surface area (Å²) in [6.45, 7) is 7.50. The first-order chi connectivity index (χ1) is 7.39. The van der Waals surface area contributed by atoms with Gasteiger partial charge >= 0.3 is 0 Å². The molecule has 1 nitrogen and oxygen atoms in total. The SMILES string of the molecule is CC(C)(C)C(Br)c1cc(Br)cc2c1OCC2. The predicted molar refractivity (Wildman–Crippen MR) is 74.5 cm³/mol. The number of rotatable bonds is 1. The van der Waals surface area contributed by atoms with E-state index in [-0.39, 0.29) is 5.41 Å². The van der Waals surface area contributed by atoms with Gasteiger partial charge in [-0.3, -0.25) is 0 Å². The van der Waals surface area contributed by atoms with E-state index in [9.17, 15) is 0 Å². The average Bonchev–Trinajstić information content (AvgIpc) is 2.61. The van der Waals surface area contributed by atoms with Gasteiger partial charge in [-0.15, -0.1) is 0 Å². The van der Waals surface area contributed by atoms with Crippen molar-refractivity contribution in [2.75, 3.05) is 6.61 Å². The van der Waals surface area contributed by atoms with Crippen LogP contribution in [-0.2, 0) is 6.42 Å². The van der Waals surface area contributed by atoms with E-state index in [1.165, 1.54) is 11.1 Å². The maximum absolute atomic E-state index is 5.75. The van der Waals surface area contributed by atoms with E-state index in [0.717, 1.165) is 23.2 Å². The minimum Gasteiger partial charge on any atom is -0.493 e. The highest BCUT2D eigenvalue weighted by atomic mass is 79.9. The molecular formula is C13H16Br2O. The Bertz CT molecular complexity index is 407. The Morgan fingerprint density at radius 3 is 2.62 bits per heavy atom. The van der Waals surface area contributed by atoms with Crippen molar-refractivity contribution in [2.24, 2.45) is 5.41 Å². The van der Waals surface area contributed by atoms with Gasteiger partial charge in [0.25, 0.3) is 0 Å². The van der Waals surface area contributed by atoms with Crippen molar-refractivity contribution in [3.8, 4) is 5.75 Å². The minimum atomic E-state index is 0.181. The second kappa shape index (κ2) is 4.34. The van der Waals surface area contributed by atoms with Gasteiger partial charge < -0.3 is 4.74 Å². The molecule has 88 valence electrons. The zero-order chi connectivity index (χ0) is 11.9. The monoisotopic (exact) mass is 346 g/mol. The number of hydrogen-bond donors (Lipinski definition) is 0. The molecule has 1 aromatic rings. The van der Waals surface area contributed by atoms with E-state index in [1.807, 2.05) is 0 Å². The second-order valence-corrected chi connectivity index (χ2v) is 7.14. The molecule has 1 aliphatic heterocycles. The Labute approximate surface area is 114 Å². The van der Waals surface area contributed by atoms with Crippen LogP contribution in [0.15, 0.2) is 16.6 Å². The maximum Gasteiger partial charge on any atom is 0.127 e. The molecule has 1 atom stereocenters. The molecule has 0 radical (unpaired) electrons. The highest BCUT2D eigenvalue weighted by Crippen LogP contribution is 2.47. The molecule has 0 saturated carbocycles. The lowest BCUT2D eigenvalue weighted by molar-refractivity contribution is 0.342. The zero-order valence-corrected chi connectivity index (χ0v) is 13.0. The van der Waals surface area contributed by atoms with E-state index in [4.69, 9.17) is 4.74 Å². The standard InChI is InChI=1S/C13H16Br2O/c1-13(2,3)12(15)10-7-9(14)6-8-4-5-16-11(8)10/h6-7,12H,4-5H2,1-3H3. The van der Waals surface area contributed by atoms with Crippen molar-refractivity contribution in [1.29, 1.82) is 0 Å². The summed E-state index contributed by atoms with van der Waals surface area (Å²) in [7, 11) is 0. The molecule has 1 aromatic carbocycles. The normalized spacial score (nSPS) is 16.8. The van der Waals surface area contributed by atoms with Crippen LogP contribution in [0, 0.1) is 5.41 Å². The smallest absolute Gasteiger partial charge is 0.127 e. The molecule has 16 heavy (non-hydrogen) atoms. The van der Waals surface area contributed by atoms with Crippen molar-refractivity contribution in [1.82, 2.24) is 0 Å². The van der Waals surface area contributed by atoms with Crippen molar-refractivity contribution in [3.63, 3.8) is 0 Å². The van der Waals surface area contributed by atoms with Crippen LogP contribution in [0.2, 0.25) is 0 Å². The van der Waals surface area contributed by atoms with Gasteiger partial charge in [0.1, 0.15) is 5.75 Å². The van der Waals surface area contributed by atoms with E-state index >= 15 is 0 Å². The van der Waals surface area contributed by atoms with Crippen LogP contribution in [0.4, 0.5) is 0 Å². The molecule has 0 fully saturated rings. The Hall–Kier alpha value is -0.0200. The van der Waals surface area contributed by atoms with Crippen molar-refractivity contribution in [3.05, 3.63) is 27.7 Å². The summed E-state index contributed by atoms with van der Waals surface area (Å²) < 4.78 is 6.89. The second-order valence-electron chi connectivity index (χ2n) is 5.31. The molecule has 0 spiro atoms. The van der Waals surface area contributed by atoms with Crippen LogP contribution in [0.25, 0.3) is 0 Å². The number of fused-ring (bicyclic) bond motifs is 1. The summed E-state index contributed by atoms with van der Waals surface area (Å²) in [5.74, 6) is 1.08. The summed E-state index contributed by atoms with van der Waals surface area (Å²) >= 11 is 7.37. The molecule has 0 amide bonds. The summed E-state index contributed by atoms with van der Waals surface area (Å²) in [6, 6.07) is 4.32. The van der Waals surface area contributed by atoms with Gasteiger partial charge in [-0.25, -0.2) is 0 Å². The molecule has 1 unspecified atom stereocenters. The summed E-state index contributed by atoms with van der Waals surface area (Å²) in [5.41, 5.74) is 2.76. The number of halogens is 2. The van der Waals surface area contributed by atoms with E-state index in [2.05, 4.69) is 64.8 Å². The Morgan fingerprint density at radius 2 is 2.00 bits per heavy atom. The lowest BCUT2D eigenvalue weighted by Gasteiger charge is -2.27. The summed E-state index contributed by atoms with van der Waals surface area (Å²) in [4.78, 5) is 0.310. The minimum absolute atomic E-state index is 0.181. The van der Waals surface area contributed by atoms with Crippen molar-refractivity contribution < 1.29 is 4.74 Å². The molecule has 0 N–H and O–H groups in total. The number of alkyl halides is 1. The van der Waals surface area contributed by atoms with Gasteiger partial charge in [-0.05, 0) is 23.1 Å². The highest BCUT2D eigenvalue weighted by Gasteiger charge is 2.29. The maximum atomic E-state index is 5.75. The lowest BCUT2D eigenvalue weighted by Crippen LogP contribution is -2.13. The number of ether oxygens (including phenoxy) is 1. The summed E-state index contributed by atoms with van der Waals surface area (Å²) in [6.07, 6.45) is 1.02. The molecule has 3 heteroatoms. The third-order valence-electron chi connectivity index (χ3n) is 2.81. The van der Waals surface area contributed by atoms with Crippen LogP contribution < -0.4 is 4.74 Å². The van der Waals surface area contributed by atoms with E-state index in [1.54, 1.807) is 0 Å². The molecule has 0 aliphatic carbocycles. The molecular weight excluding hydrogens is 332 g/mol. The largest absolute Gasteiger partial charge is 0.493 e. The lowest BCUT2D eigenvalue weighted by atomic mass is 9.87. The first-order valence-corrected chi connectivity index (χ1v) is 7.19. The third kappa shape index (κ3) is 2.30. The van der Waals surface area contributed by atoms with Crippen molar-refractivity contribution in [2.45, 2.75) is 32.0 Å². The Kier molecular flexibility index (Phi) is 3.37. The van der Waals surface area contributed by atoms with Crippen LogP contribution in [-0.4, -0.2) is 6.61 Å². The average molecular weight is 348 g/mol. The van der Waals surface area contributed by atoms with Crippen LogP contribution in [0.1, 0.15) is 36.7 Å². The van der Waals surface area contributed by atoms with Gasteiger partial charge in [0, 0.05) is 21.3 Å². The third-order valence-corrected chi connectivity index (χ3v) is 5.14. The van der Waals surface area contributed by atoms with Gasteiger partial charge in [0.2, 0.25) is 0 Å². The zero-order valence-electron chi connectivity index (χ0n) is 9.81.